The van der Waals surface area contributed by atoms with Crippen molar-refractivity contribution in [3.05, 3.63) is 70.9 Å². The maximum atomic E-state index is 12.5. The second-order valence-electron chi connectivity index (χ2n) is 6.08. The van der Waals surface area contributed by atoms with Crippen LogP contribution in [0, 0.1) is 0 Å². The van der Waals surface area contributed by atoms with E-state index in [1.165, 1.54) is 0 Å². The zero-order chi connectivity index (χ0) is 17.4. The molecule has 0 fully saturated rings. The number of aliphatic hydroxyl groups excluding tert-OH is 1. The number of anilines is 1. The minimum atomic E-state index is -0.284. The van der Waals surface area contributed by atoms with Crippen LogP contribution < -0.4 is 9.64 Å². The summed E-state index contributed by atoms with van der Waals surface area (Å²) in [4.78, 5) is 14.5. The van der Waals surface area contributed by atoms with Crippen molar-refractivity contribution in [1.82, 2.24) is 0 Å². The maximum absolute atomic E-state index is 12.5. The minimum absolute atomic E-state index is 0.0162. The molecule has 0 saturated heterocycles. The molecule has 0 aromatic heterocycles. The highest BCUT2D eigenvalue weighted by Gasteiger charge is 2.41. The number of rotatable bonds is 4. The third-order valence-electron chi connectivity index (χ3n) is 4.78. The maximum Gasteiger partial charge on any atom is 0.337 e. The van der Waals surface area contributed by atoms with E-state index in [2.05, 4.69) is 0 Å². The van der Waals surface area contributed by atoms with Gasteiger partial charge in [0.25, 0.3) is 0 Å². The van der Waals surface area contributed by atoms with Crippen molar-refractivity contribution in [3.8, 4) is 5.75 Å². The van der Waals surface area contributed by atoms with Gasteiger partial charge in [-0.3, -0.25) is 0 Å². The number of carbonyl (C=O) groups excluding carboxylic acids is 1. The highest BCUT2D eigenvalue weighted by atomic mass is 16.5. The van der Waals surface area contributed by atoms with Crippen molar-refractivity contribution in [2.24, 2.45) is 0 Å². The molecule has 0 aliphatic carbocycles. The number of hydrogen-bond acceptors (Lipinski definition) is 5. The highest BCUT2D eigenvalue weighted by molar-refractivity contribution is 5.97. The fourth-order valence-electron chi connectivity index (χ4n) is 3.69. The van der Waals surface area contributed by atoms with Crippen LogP contribution in [0.2, 0.25) is 0 Å². The lowest BCUT2D eigenvalue weighted by atomic mass is 9.80. The number of esters is 1. The number of cyclic esters (lactones) is 1. The molecule has 2 aliphatic rings. The van der Waals surface area contributed by atoms with E-state index in [9.17, 15) is 9.90 Å². The second-order valence-corrected chi connectivity index (χ2v) is 6.08. The molecule has 0 unspecified atom stereocenters. The Labute approximate surface area is 146 Å². The van der Waals surface area contributed by atoms with Gasteiger partial charge in [-0.25, -0.2) is 4.79 Å². The van der Waals surface area contributed by atoms with Crippen LogP contribution in [0.4, 0.5) is 5.69 Å². The highest BCUT2D eigenvalue weighted by Crippen LogP contribution is 2.47. The van der Waals surface area contributed by atoms with Gasteiger partial charge in [-0.2, -0.15) is 0 Å². The van der Waals surface area contributed by atoms with Crippen LogP contribution in [-0.4, -0.2) is 37.9 Å². The second kappa shape index (κ2) is 6.26. The van der Waals surface area contributed by atoms with Gasteiger partial charge in [-0.1, -0.05) is 36.4 Å². The monoisotopic (exact) mass is 337 g/mol. The van der Waals surface area contributed by atoms with Crippen molar-refractivity contribution in [2.45, 2.75) is 5.92 Å². The molecule has 2 heterocycles. The van der Waals surface area contributed by atoms with E-state index in [0.717, 1.165) is 28.3 Å². The van der Waals surface area contributed by atoms with Crippen molar-refractivity contribution < 1.29 is 19.4 Å². The van der Waals surface area contributed by atoms with Crippen LogP contribution in [0.3, 0.4) is 0 Å². The van der Waals surface area contributed by atoms with Crippen LogP contribution >= 0.6 is 0 Å². The number of carbonyl (C=O) groups is 1. The molecule has 1 N–H and O–H groups in total. The van der Waals surface area contributed by atoms with E-state index >= 15 is 0 Å². The van der Waals surface area contributed by atoms with Gasteiger partial charge in [0.1, 0.15) is 12.4 Å². The molecule has 1 atom stereocenters. The zero-order valence-electron chi connectivity index (χ0n) is 13.9. The van der Waals surface area contributed by atoms with Gasteiger partial charge in [-0.05, 0) is 17.2 Å². The lowest BCUT2D eigenvalue weighted by Crippen LogP contribution is -2.33. The summed E-state index contributed by atoms with van der Waals surface area (Å²) in [7, 11) is 1.63. The van der Waals surface area contributed by atoms with Crippen LogP contribution in [0.15, 0.2) is 59.8 Å². The molecule has 2 aromatic carbocycles. The summed E-state index contributed by atoms with van der Waals surface area (Å²) < 4.78 is 10.7. The fourth-order valence-corrected chi connectivity index (χ4v) is 3.69. The van der Waals surface area contributed by atoms with E-state index in [1.54, 1.807) is 7.11 Å². The van der Waals surface area contributed by atoms with Gasteiger partial charge in [0.2, 0.25) is 0 Å². The first-order chi connectivity index (χ1) is 12.2. The average molecular weight is 337 g/mol. The van der Waals surface area contributed by atoms with Crippen LogP contribution in [0.1, 0.15) is 17.0 Å². The van der Waals surface area contributed by atoms with E-state index in [1.807, 2.05) is 53.4 Å². The third-order valence-corrected chi connectivity index (χ3v) is 4.78. The number of benzene rings is 2. The van der Waals surface area contributed by atoms with Crippen molar-refractivity contribution in [1.29, 1.82) is 0 Å². The standard InChI is InChI=1S/C20H19NO4/c1-24-14-7-8-15-16(11-14)21(9-10-22)17-12-25-20(23)19(17)18(15)13-5-3-2-4-6-13/h2-8,11,18,22H,9-10,12H2,1H3/t18-/m0/s1. The number of hydrogen-bond donors (Lipinski definition) is 1. The van der Waals surface area contributed by atoms with Crippen molar-refractivity contribution in [3.63, 3.8) is 0 Å². The van der Waals surface area contributed by atoms with Crippen LogP contribution in [0.5, 0.6) is 5.75 Å². The van der Waals surface area contributed by atoms with E-state index < -0.39 is 0 Å². The summed E-state index contributed by atoms with van der Waals surface area (Å²) >= 11 is 0. The number of β-amino-alcohol motifs (C(OH)–C–C–N with tert-alkyl or cyclic N) is 1. The Hall–Kier alpha value is -2.79. The molecule has 0 saturated carbocycles. The first-order valence-corrected chi connectivity index (χ1v) is 8.26. The van der Waals surface area contributed by atoms with E-state index in [4.69, 9.17) is 9.47 Å². The summed E-state index contributed by atoms with van der Waals surface area (Å²) in [5, 5.41) is 9.52. The summed E-state index contributed by atoms with van der Waals surface area (Å²) in [6, 6.07) is 15.8. The predicted molar refractivity (Wildman–Crippen MR) is 93.7 cm³/mol. The lowest BCUT2D eigenvalue weighted by Gasteiger charge is -2.35. The van der Waals surface area contributed by atoms with Gasteiger partial charge in [0.05, 0.1) is 25.0 Å². The third kappa shape index (κ3) is 2.48. The van der Waals surface area contributed by atoms with Gasteiger partial charge in [-0.15, -0.1) is 0 Å². The molecular weight excluding hydrogens is 318 g/mol. The predicted octanol–water partition coefficient (Wildman–Crippen LogP) is 2.45. The molecular formula is C20H19NO4. The van der Waals surface area contributed by atoms with Crippen molar-refractivity contribution in [2.75, 3.05) is 31.8 Å². The Kier molecular flexibility index (Phi) is 3.93. The van der Waals surface area contributed by atoms with Gasteiger partial charge in [0.15, 0.2) is 0 Å². The van der Waals surface area contributed by atoms with Crippen molar-refractivity contribution >= 4 is 11.7 Å². The summed E-state index contributed by atoms with van der Waals surface area (Å²) in [6.45, 7) is 0.614. The van der Waals surface area contributed by atoms with E-state index in [0.29, 0.717) is 12.1 Å². The SMILES string of the molecule is COc1ccc2c(c1)N(CCO)C1=C(C(=O)OC1)[C@H]2c1ccccc1. The quantitative estimate of drug-likeness (QED) is 0.869. The van der Waals surface area contributed by atoms with Crippen LogP contribution in [0.25, 0.3) is 0 Å². The topological polar surface area (TPSA) is 59.0 Å². The molecule has 0 spiro atoms. The molecule has 5 nitrogen and oxygen atoms in total. The number of nitrogens with zero attached hydrogens (tertiary/aromatic N) is 1. The Bertz CT molecular complexity index is 844. The van der Waals surface area contributed by atoms with Gasteiger partial charge < -0.3 is 19.5 Å². The first kappa shape index (κ1) is 15.7. The summed E-state index contributed by atoms with van der Waals surface area (Å²) in [6.07, 6.45) is 0. The molecule has 0 radical (unpaired) electrons. The van der Waals surface area contributed by atoms with Gasteiger partial charge >= 0.3 is 5.97 Å². The molecule has 5 heteroatoms. The summed E-state index contributed by atoms with van der Waals surface area (Å²) in [5.41, 5.74) is 4.49. The fraction of sp³-hybridized carbons (Fsp3) is 0.250. The van der Waals surface area contributed by atoms with Gasteiger partial charge in [0, 0.05) is 24.2 Å². The number of ether oxygens (including phenoxy) is 2. The first-order valence-electron chi connectivity index (χ1n) is 8.26. The summed E-state index contributed by atoms with van der Waals surface area (Å²) in [5.74, 6) is 0.276. The molecule has 0 bridgehead atoms. The smallest absolute Gasteiger partial charge is 0.337 e. The van der Waals surface area contributed by atoms with Crippen LogP contribution in [-0.2, 0) is 9.53 Å². The zero-order valence-corrected chi connectivity index (χ0v) is 13.9. The molecule has 25 heavy (non-hydrogen) atoms. The number of fused-ring (bicyclic) bond motifs is 1. The number of aliphatic hydroxyl groups is 1. The molecule has 4 rings (SSSR count). The lowest BCUT2D eigenvalue weighted by molar-refractivity contribution is -0.136. The number of methoxy groups -OCH3 is 1. The largest absolute Gasteiger partial charge is 0.497 e. The Morgan fingerprint density at radius 3 is 2.76 bits per heavy atom. The Morgan fingerprint density at radius 1 is 1.24 bits per heavy atom. The normalized spacial score (nSPS) is 18.7. The average Bonchev–Trinajstić information content (AvgIpc) is 3.03. The Balaban J connectivity index is 1.96. The Morgan fingerprint density at radius 2 is 2.04 bits per heavy atom. The molecule has 2 aromatic rings. The molecule has 0 amide bonds. The minimum Gasteiger partial charge on any atom is -0.497 e. The van der Waals surface area contributed by atoms with E-state index in [-0.39, 0.29) is 25.1 Å². The molecule has 2 aliphatic heterocycles. The molecule has 128 valence electrons.